The van der Waals surface area contributed by atoms with Gasteiger partial charge in [-0.2, -0.15) is 0 Å². The lowest BCUT2D eigenvalue weighted by Gasteiger charge is -2.29. The highest BCUT2D eigenvalue weighted by Gasteiger charge is 2.28. The van der Waals surface area contributed by atoms with Crippen LogP contribution >= 0.6 is 23.2 Å². The number of carbonyl (C=O) groups excluding carboxylic acids is 1. The van der Waals surface area contributed by atoms with Crippen molar-refractivity contribution in [2.75, 3.05) is 6.54 Å². The van der Waals surface area contributed by atoms with Crippen molar-refractivity contribution in [2.24, 2.45) is 0 Å². The van der Waals surface area contributed by atoms with Crippen LogP contribution in [0.15, 0.2) is 18.2 Å². The molecule has 1 aromatic carbocycles. The van der Waals surface area contributed by atoms with Gasteiger partial charge in [-0.05, 0) is 50.9 Å². The largest absolute Gasteiger partial charge is 0.335 e. The number of nitrogens with one attached hydrogen (secondary N) is 1. The second-order valence-corrected chi connectivity index (χ2v) is 6.27. The molecular weight excluding hydrogens is 295 g/mol. The fourth-order valence-corrected chi connectivity index (χ4v) is 2.77. The van der Waals surface area contributed by atoms with Gasteiger partial charge in [-0.25, -0.2) is 0 Å². The Kier molecular flexibility index (Phi) is 5.30. The summed E-state index contributed by atoms with van der Waals surface area (Å²) in [7, 11) is 0. The summed E-state index contributed by atoms with van der Waals surface area (Å²) in [4.78, 5) is 14.4. The molecule has 5 heteroatoms. The standard InChI is InChI=1S/C15H20Cl2N2O/c1-10(2)19(15(20)14-4-3-7-18-14)9-11-5-6-12(16)13(17)8-11/h5-6,8,10,14,18H,3-4,7,9H2,1-2H3/t14-/m1/s1. The maximum absolute atomic E-state index is 12.5. The van der Waals surface area contributed by atoms with Crippen molar-refractivity contribution < 1.29 is 4.79 Å². The van der Waals surface area contributed by atoms with E-state index in [4.69, 9.17) is 23.2 Å². The predicted molar refractivity (Wildman–Crippen MR) is 83.2 cm³/mol. The molecule has 1 aromatic rings. The summed E-state index contributed by atoms with van der Waals surface area (Å²) in [5.41, 5.74) is 0.999. The highest BCUT2D eigenvalue weighted by molar-refractivity contribution is 6.42. The van der Waals surface area contributed by atoms with Gasteiger partial charge in [-0.1, -0.05) is 29.3 Å². The molecule has 1 aliphatic heterocycles. The molecule has 20 heavy (non-hydrogen) atoms. The number of benzene rings is 1. The Morgan fingerprint density at radius 1 is 1.40 bits per heavy atom. The zero-order valence-electron chi connectivity index (χ0n) is 11.8. The highest BCUT2D eigenvalue weighted by Crippen LogP contribution is 2.24. The van der Waals surface area contributed by atoms with Crippen LogP contribution in [0.5, 0.6) is 0 Å². The maximum Gasteiger partial charge on any atom is 0.240 e. The van der Waals surface area contributed by atoms with E-state index in [9.17, 15) is 4.79 Å². The molecule has 0 saturated carbocycles. The van der Waals surface area contributed by atoms with E-state index in [-0.39, 0.29) is 18.0 Å². The van der Waals surface area contributed by atoms with Gasteiger partial charge in [0, 0.05) is 12.6 Å². The van der Waals surface area contributed by atoms with Crippen LogP contribution in [0.3, 0.4) is 0 Å². The SMILES string of the molecule is CC(C)N(Cc1ccc(Cl)c(Cl)c1)C(=O)[C@H]1CCCN1. The van der Waals surface area contributed by atoms with Crippen molar-refractivity contribution in [3.63, 3.8) is 0 Å². The third kappa shape index (κ3) is 3.66. The minimum absolute atomic E-state index is 0.0415. The Morgan fingerprint density at radius 2 is 2.15 bits per heavy atom. The van der Waals surface area contributed by atoms with Crippen molar-refractivity contribution in [1.29, 1.82) is 0 Å². The number of rotatable bonds is 4. The van der Waals surface area contributed by atoms with E-state index >= 15 is 0 Å². The van der Waals surface area contributed by atoms with Crippen LogP contribution in [0, 0.1) is 0 Å². The molecule has 1 atom stereocenters. The summed E-state index contributed by atoms with van der Waals surface area (Å²) in [5.74, 6) is 0.170. The van der Waals surface area contributed by atoms with Gasteiger partial charge in [-0.15, -0.1) is 0 Å². The molecule has 0 radical (unpaired) electrons. The van der Waals surface area contributed by atoms with Crippen molar-refractivity contribution in [2.45, 2.75) is 45.3 Å². The van der Waals surface area contributed by atoms with Crippen molar-refractivity contribution >= 4 is 29.1 Å². The summed E-state index contributed by atoms with van der Waals surface area (Å²) >= 11 is 12.0. The summed E-state index contributed by atoms with van der Waals surface area (Å²) in [6.45, 7) is 5.55. The average molecular weight is 315 g/mol. The quantitative estimate of drug-likeness (QED) is 0.922. The molecule has 1 amide bonds. The fourth-order valence-electron chi connectivity index (χ4n) is 2.45. The van der Waals surface area contributed by atoms with E-state index in [1.165, 1.54) is 0 Å². The number of nitrogens with zero attached hydrogens (tertiary/aromatic N) is 1. The molecular formula is C15H20Cl2N2O. The number of carbonyl (C=O) groups is 1. The zero-order chi connectivity index (χ0) is 14.7. The van der Waals surface area contributed by atoms with Gasteiger partial charge >= 0.3 is 0 Å². The maximum atomic E-state index is 12.5. The summed E-state index contributed by atoms with van der Waals surface area (Å²) in [5, 5.41) is 4.32. The molecule has 0 aliphatic carbocycles. The normalized spacial score (nSPS) is 18.6. The van der Waals surface area contributed by atoms with Crippen LogP contribution in [0.1, 0.15) is 32.3 Å². The van der Waals surface area contributed by atoms with Crippen molar-refractivity contribution in [3.05, 3.63) is 33.8 Å². The van der Waals surface area contributed by atoms with E-state index in [2.05, 4.69) is 5.32 Å². The third-order valence-corrected chi connectivity index (χ3v) is 4.34. The van der Waals surface area contributed by atoms with Gasteiger partial charge in [0.2, 0.25) is 5.91 Å². The van der Waals surface area contributed by atoms with Crippen LogP contribution in [0.4, 0.5) is 0 Å². The lowest BCUT2D eigenvalue weighted by Crippen LogP contribution is -2.46. The van der Waals surface area contributed by atoms with E-state index in [1.807, 2.05) is 30.9 Å². The third-order valence-electron chi connectivity index (χ3n) is 3.60. The first kappa shape index (κ1) is 15.6. The Labute approximate surface area is 130 Å². The Morgan fingerprint density at radius 3 is 2.70 bits per heavy atom. The number of amides is 1. The van der Waals surface area contributed by atoms with E-state index in [0.717, 1.165) is 24.9 Å². The molecule has 1 N–H and O–H groups in total. The monoisotopic (exact) mass is 314 g/mol. The smallest absolute Gasteiger partial charge is 0.240 e. The van der Waals surface area contributed by atoms with Gasteiger partial charge in [-0.3, -0.25) is 4.79 Å². The number of hydrogen-bond donors (Lipinski definition) is 1. The van der Waals surface area contributed by atoms with E-state index < -0.39 is 0 Å². The predicted octanol–water partition coefficient (Wildman–Crippen LogP) is 3.48. The Balaban J connectivity index is 2.12. The second kappa shape index (κ2) is 6.79. The molecule has 0 spiro atoms. The molecule has 110 valence electrons. The molecule has 0 bridgehead atoms. The Hall–Kier alpha value is -0.770. The van der Waals surface area contributed by atoms with Crippen molar-refractivity contribution in [3.8, 4) is 0 Å². The lowest BCUT2D eigenvalue weighted by atomic mass is 10.1. The van der Waals surface area contributed by atoms with Gasteiger partial charge in [0.05, 0.1) is 16.1 Å². The molecule has 0 unspecified atom stereocenters. The van der Waals surface area contributed by atoms with Gasteiger partial charge in [0.25, 0.3) is 0 Å². The van der Waals surface area contributed by atoms with E-state index in [1.54, 1.807) is 6.07 Å². The summed E-state index contributed by atoms with van der Waals surface area (Å²) in [6, 6.07) is 5.63. The molecule has 0 aromatic heterocycles. The highest BCUT2D eigenvalue weighted by atomic mass is 35.5. The van der Waals surface area contributed by atoms with E-state index in [0.29, 0.717) is 16.6 Å². The molecule has 1 heterocycles. The molecule has 1 aliphatic rings. The second-order valence-electron chi connectivity index (χ2n) is 5.46. The van der Waals surface area contributed by atoms with Gasteiger partial charge in [0.15, 0.2) is 0 Å². The van der Waals surface area contributed by atoms with Crippen LogP contribution in [-0.4, -0.2) is 29.4 Å². The molecule has 1 fully saturated rings. The van der Waals surface area contributed by atoms with Crippen LogP contribution in [-0.2, 0) is 11.3 Å². The van der Waals surface area contributed by atoms with Crippen molar-refractivity contribution in [1.82, 2.24) is 10.2 Å². The summed E-state index contributed by atoms with van der Waals surface area (Å²) < 4.78 is 0. The number of hydrogen-bond acceptors (Lipinski definition) is 2. The average Bonchev–Trinajstić information content (AvgIpc) is 2.93. The Bertz CT molecular complexity index is 485. The lowest BCUT2D eigenvalue weighted by molar-refractivity contribution is -0.135. The minimum Gasteiger partial charge on any atom is -0.335 e. The van der Waals surface area contributed by atoms with Gasteiger partial charge < -0.3 is 10.2 Å². The fraction of sp³-hybridized carbons (Fsp3) is 0.533. The minimum atomic E-state index is -0.0415. The van der Waals surface area contributed by atoms with Crippen LogP contribution in [0.2, 0.25) is 10.0 Å². The van der Waals surface area contributed by atoms with Crippen LogP contribution in [0.25, 0.3) is 0 Å². The first-order chi connectivity index (χ1) is 9.49. The first-order valence-corrected chi connectivity index (χ1v) is 7.72. The zero-order valence-corrected chi connectivity index (χ0v) is 13.3. The van der Waals surface area contributed by atoms with Crippen LogP contribution < -0.4 is 5.32 Å². The number of halogens is 2. The molecule has 3 nitrogen and oxygen atoms in total. The topological polar surface area (TPSA) is 32.3 Å². The summed E-state index contributed by atoms with van der Waals surface area (Å²) in [6.07, 6.45) is 1.98. The van der Waals surface area contributed by atoms with Gasteiger partial charge in [0.1, 0.15) is 0 Å². The first-order valence-electron chi connectivity index (χ1n) is 6.97. The molecule has 2 rings (SSSR count). The molecule has 1 saturated heterocycles.